The Kier molecular flexibility index (Phi) is 13.1. The molecule has 6 aromatic rings. The molecule has 0 radical (unpaired) electrons. The van der Waals surface area contributed by atoms with Crippen molar-refractivity contribution < 1.29 is 37.3 Å². The van der Waals surface area contributed by atoms with Crippen LogP contribution in [0.4, 0.5) is 5.13 Å². The van der Waals surface area contributed by atoms with Gasteiger partial charge in [0.2, 0.25) is 5.91 Å². The number of nitrogens with one attached hydrogen (secondary N) is 2. The predicted octanol–water partition coefficient (Wildman–Crippen LogP) is 8.75. The van der Waals surface area contributed by atoms with Crippen LogP contribution in [0.25, 0.3) is 11.1 Å². The van der Waals surface area contributed by atoms with Crippen LogP contribution in [-0.4, -0.2) is 59.9 Å². The van der Waals surface area contributed by atoms with Gasteiger partial charge in [-0.15, -0.1) is 0 Å². The summed E-state index contributed by atoms with van der Waals surface area (Å²) in [4.78, 5) is 31.4. The molecule has 2 aliphatic rings. The van der Waals surface area contributed by atoms with Crippen molar-refractivity contribution in [3.63, 3.8) is 0 Å². The van der Waals surface area contributed by atoms with Gasteiger partial charge in [0.25, 0.3) is 10.0 Å². The molecule has 328 valence electrons. The average Bonchev–Trinajstić information content (AvgIpc) is 3.68. The first kappa shape index (κ1) is 44.5. The second-order valence-corrected chi connectivity index (χ2v) is 19.2. The van der Waals surface area contributed by atoms with Gasteiger partial charge in [-0.05, 0) is 108 Å². The summed E-state index contributed by atoms with van der Waals surface area (Å²) in [5, 5.41) is 26.5. The Labute approximate surface area is 384 Å². The van der Waals surface area contributed by atoms with E-state index < -0.39 is 40.1 Å². The van der Waals surface area contributed by atoms with Gasteiger partial charge in [-0.3, -0.25) is 4.79 Å². The maximum atomic E-state index is 14.6. The van der Waals surface area contributed by atoms with Crippen molar-refractivity contribution in [2.45, 2.75) is 62.2 Å². The second-order valence-electron chi connectivity index (χ2n) is 15.3. The van der Waals surface area contributed by atoms with E-state index in [2.05, 4.69) is 21.7 Å². The number of carbonyl (C=O) groups excluding carboxylic acids is 1. The number of thiazole rings is 1. The van der Waals surface area contributed by atoms with E-state index >= 15 is 0 Å². The second kappa shape index (κ2) is 18.9. The number of amides is 1. The van der Waals surface area contributed by atoms with E-state index in [4.69, 9.17) is 42.7 Å². The number of aliphatic carboxylic acids is 1. The average molecular weight is 939 g/mol. The molecule has 0 spiro atoms. The number of ether oxygens (including phenoxy) is 3. The van der Waals surface area contributed by atoms with Crippen LogP contribution in [0.3, 0.4) is 0 Å². The molecule has 13 nitrogen and oxygen atoms in total. The fraction of sp³-hybridized carbons (Fsp3) is 0.234. The summed E-state index contributed by atoms with van der Waals surface area (Å²) >= 11 is 13.2. The van der Waals surface area contributed by atoms with Gasteiger partial charge >= 0.3 is 5.97 Å². The van der Waals surface area contributed by atoms with E-state index in [1.54, 1.807) is 55.5 Å². The zero-order valence-electron chi connectivity index (χ0n) is 34.5. The predicted molar refractivity (Wildman–Crippen MR) is 244 cm³/mol. The number of carbonyl (C=O) groups is 2. The minimum absolute atomic E-state index is 0.0242. The van der Waals surface area contributed by atoms with Gasteiger partial charge in [0.05, 0.1) is 27.4 Å². The fourth-order valence-electron chi connectivity index (χ4n) is 7.57. The number of halogens is 2. The lowest BCUT2D eigenvalue weighted by molar-refractivity contribution is -0.142. The third-order valence-electron chi connectivity index (χ3n) is 10.9. The molecule has 17 heteroatoms. The maximum Gasteiger partial charge on any atom is 0.326 e. The van der Waals surface area contributed by atoms with E-state index in [-0.39, 0.29) is 35.9 Å². The zero-order chi connectivity index (χ0) is 45.1. The molecule has 1 aromatic heterocycles. The highest BCUT2D eigenvalue weighted by atomic mass is 35.5. The van der Waals surface area contributed by atoms with Crippen molar-refractivity contribution >= 4 is 61.6 Å². The van der Waals surface area contributed by atoms with Gasteiger partial charge in [-0.25, -0.2) is 18.2 Å². The van der Waals surface area contributed by atoms with Crippen LogP contribution in [0.1, 0.15) is 52.1 Å². The molecule has 3 atom stereocenters. The number of carboxylic acids is 1. The molecule has 5 aromatic carbocycles. The van der Waals surface area contributed by atoms with Gasteiger partial charge in [0.1, 0.15) is 31.0 Å². The molecule has 8 rings (SSSR count). The molecule has 0 saturated heterocycles. The highest BCUT2D eigenvalue weighted by molar-refractivity contribution is 7.91. The number of aryl methyl sites for hydroxylation is 1. The Balaban J connectivity index is 1.02. The summed E-state index contributed by atoms with van der Waals surface area (Å²) in [5.41, 5.74) is 6.17. The fourth-order valence-corrected chi connectivity index (χ4v) is 11.1. The first-order chi connectivity index (χ1) is 30.8. The molecule has 0 fully saturated rings. The van der Waals surface area contributed by atoms with E-state index in [0.717, 1.165) is 37.9 Å². The van der Waals surface area contributed by atoms with Crippen molar-refractivity contribution in [2.24, 2.45) is 0 Å². The summed E-state index contributed by atoms with van der Waals surface area (Å²) in [6, 6.07) is 30.0. The number of nitriles is 1. The van der Waals surface area contributed by atoms with Crippen LogP contribution >= 0.6 is 34.5 Å². The molecular weight excluding hydrogens is 898 g/mol. The van der Waals surface area contributed by atoms with Crippen LogP contribution < -0.4 is 24.8 Å². The van der Waals surface area contributed by atoms with Crippen LogP contribution in [0.15, 0.2) is 107 Å². The summed E-state index contributed by atoms with van der Waals surface area (Å²) < 4.78 is 49.0. The number of nitrogens with zero attached hydrogens (tertiary/aromatic N) is 3. The number of aromatic nitrogens is 1. The van der Waals surface area contributed by atoms with Crippen molar-refractivity contribution in [1.82, 2.24) is 14.6 Å². The lowest BCUT2D eigenvalue weighted by atomic mass is 9.94. The Bertz CT molecular complexity index is 2870. The topological polar surface area (TPSA) is 180 Å². The van der Waals surface area contributed by atoms with Gasteiger partial charge in [0.15, 0.2) is 26.9 Å². The quantitative estimate of drug-likeness (QED) is 0.0951. The number of fused-ring (bicyclic) bond motifs is 2. The van der Waals surface area contributed by atoms with Crippen molar-refractivity contribution in [1.29, 1.82) is 5.26 Å². The van der Waals surface area contributed by atoms with Gasteiger partial charge in [-0.1, -0.05) is 89.1 Å². The molecular formula is C47H41Cl2N5O8S2. The molecule has 0 unspecified atom stereocenters. The minimum Gasteiger partial charge on any atom is -0.489 e. The van der Waals surface area contributed by atoms with Crippen LogP contribution in [0.5, 0.6) is 17.2 Å². The van der Waals surface area contributed by atoms with Crippen LogP contribution in [0, 0.1) is 18.3 Å². The summed E-state index contributed by atoms with van der Waals surface area (Å²) in [6.07, 6.45) is -0.603. The lowest BCUT2D eigenvalue weighted by Crippen LogP contribution is -2.55. The first-order valence-electron chi connectivity index (χ1n) is 20.3. The van der Waals surface area contributed by atoms with Crippen molar-refractivity contribution in [3.8, 4) is 34.4 Å². The van der Waals surface area contributed by atoms with E-state index in [1.807, 2.05) is 61.5 Å². The highest BCUT2D eigenvalue weighted by Gasteiger charge is 2.43. The Morgan fingerprint density at radius 2 is 1.64 bits per heavy atom. The molecule has 0 aliphatic carbocycles. The molecule has 2 aliphatic heterocycles. The van der Waals surface area contributed by atoms with Crippen molar-refractivity contribution in [3.05, 3.63) is 152 Å². The SMILES string of the molecule is CCNc1nc(C)c(S(=O)(=O)N2Cc3cc4c(cc3C[C@H]2C(=O)N[C@@H](Cc2ccc(-c3ccc(C#N)cc3)cc2)C(=O)O)OC[C@@H](c2ccc(OCc3ccc(Cl)c(Cl)c3)cc2)O4)s1. The number of carboxylic acid groups (broad SMARTS) is 1. The van der Waals surface area contributed by atoms with E-state index in [0.29, 0.717) is 67.8 Å². The Hall–Kier alpha value is -6.15. The third-order valence-corrected chi connectivity index (χ3v) is 15.2. The highest BCUT2D eigenvalue weighted by Crippen LogP contribution is 2.42. The number of rotatable bonds is 14. The number of hydrogen-bond acceptors (Lipinski definition) is 11. The number of anilines is 1. The largest absolute Gasteiger partial charge is 0.489 e. The van der Waals surface area contributed by atoms with Crippen LogP contribution in [0.2, 0.25) is 10.0 Å². The van der Waals surface area contributed by atoms with Gasteiger partial charge in [0, 0.05) is 19.5 Å². The smallest absolute Gasteiger partial charge is 0.326 e. The monoisotopic (exact) mass is 937 g/mol. The van der Waals surface area contributed by atoms with E-state index in [1.165, 1.54) is 0 Å². The molecule has 3 N–H and O–H groups in total. The summed E-state index contributed by atoms with van der Waals surface area (Å²) in [5.74, 6) is -0.546. The lowest BCUT2D eigenvalue weighted by Gasteiger charge is -2.36. The molecule has 0 bridgehead atoms. The molecule has 3 heterocycles. The molecule has 1 amide bonds. The number of hydrogen-bond donors (Lipinski definition) is 3. The third kappa shape index (κ3) is 9.67. The first-order valence-corrected chi connectivity index (χ1v) is 23.3. The number of sulfonamides is 1. The Morgan fingerprint density at radius 1 is 0.953 bits per heavy atom. The number of benzene rings is 5. The Morgan fingerprint density at radius 3 is 2.31 bits per heavy atom. The normalized spacial score (nSPS) is 16.2. The molecule has 0 saturated carbocycles. The van der Waals surface area contributed by atoms with Crippen molar-refractivity contribution in [2.75, 3.05) is 18.5 Å². The van der Waals surface area contributed by atoms with E-state index in [9.17, 15) is 23.1 Å². The maximum absolute atomic E-state index is 14.6. The molecule has 64 heavy (non-hydrogen) atoms. The zero-order valence-corrected chi connectivity index (χ0v) is 37.7. The minimum atomic E-state index is -4.36. The van der Waals surface area contributed by atoms with Crippen LogP contribution in [-0.2, 0) is 45.6 Å². The van der Waals surface area contributed by atoms with Gasteiger partial charge in [-0.2, -0.15) is 9.57 Å². The summed E-state index contributed by atoms with van der Waals surface area (Å²) in [7, 11) is -4.36. The standard InChI is InChI=1S/C47H41Cl2N5O8S2/c1-3-51-47-52-27(2)46(63-47)64(58,59)54-24-35-22-42-41(61-26-43(62-42)33-13-15-36(16-14-33)60-25-30-8-17-37(48)38(49)18-30)21-34(35)20-40(54)44(55)53-39(45(56)57)19-28-4-9-31(10-5-28)32-11-6-29(23-50)7-12-32/h4-18,21-22,39-40,43H,3,19-20,24-26H2,1-2H3,(H,51,52)(H,53,55)(H,56,57)/t39-,40-,43-/m0/s1. The summed E-state index contributed by atoms with van der Waals surface area (Å²) in [6.45, 7) is 4.27. The van der Waals surface area contributed by atoms with Gasteiger partial charge < -0.3 is 30.0 Å².